The van der Waals surface area contributed by atoms with Crippen LogP contribution in [0.4, 0.5) is 0 Å². The van der Waals surface area contributed by atoms with Crippen LogP contribution in [0.3, 0.4) is 0 Å². The Labute approximate surface area is 285 Å². The topological polar surface area (TPSA) is 142 Å². The van der Waals surface area contributed by atoms with Crippen LogP contribution < -0.4 is 10.6 Å². The molecular weight excluding hydrogens is 596 g/mol. The highest BCUT2D eigenvalue weighted by atomic mass is 16.5. The number of ether oxygens (including phenoxy) is 1. The molecule has 0 aromatic carbocycles. The Bertz CT molecular complexity index is 900. The van der Waals surface area contributed by atoms with Crippen molar-refractivity contribution in [2.45, 2.75) is 167 Å². The van der Waals surface area contributed by atoms with E-state index in [1.54, 1.807) is 0 Å². The van der Waals surface area contributed by atoms with Crippen LogP contribution in [0.15, 0.2) is 36.5 Å². The molecule has 0 aromatic rings. The molecule has 0 aliphatic heterocycles. The van der Waals surface area contributed by atoms with Gasteiger partial charge in [0.05, 0.1) is 13.2 Å². The number of nitrogens with one attached hydrogen (secondary N) is 2. The number of amides is 2. The Morgan fingerprint density at radius 3 is 1.83 bits per heavy atom. The highest BCUT2D eigenvalue weighted by Gasteiger charge is 2.18. The minimum absolute atomic E-state index is 0.140. The standard InChI is InChI=1S/C38H66N2O7/c1-3-5-7-9-11-13-14-15-16-18-20-26-30-37(44)47-33(27-23-19-17-12-10-8-6-4-2)28-24-21-22-25-29-35(42)39-31-36(43)40-34(32-41)38(45)46/h11-13,17,23,27,33-34,41H,3-10,14-16,18-22,24-26,28-32H2,1-2H3,(H,39,42)(H,40,43)(H,45,46)/b13-11-,17-12-,27-23-. The van der Waals surface area contributed by atoms with E-state index in [9.17, 15) is 19.2 Å². The van der Waals surface area contributed by atoms with Crippen molar-refractivity contribution in [1.29, 1.82) is 0 Å². The lowest BCUT2D eigenvalue weighted by molar-refractivity contribution is -0.147. The van der Waals surface area contributed by atoms with Crippen molar-refractivity contribution in [2.24, 2.45) is 0 Å². The molecule has 0 saturated carbocycles. The van der Waals surface area contributed by atoms with Crippen molar-refractivity contribution in [2.75, 3.05) is 13.2 Å². The van der Waals surface area contributed by atoms with E-state index in [4.69, 9.17) is 14.9 Å². The first-order valence-electron chi connectivity index (χ1n) is 18.4. The molecule has 0 fully saturated rings. The Hall–Kier alpha value is -2.94. The fourth-order valence-electron chi connectivity index (χ4n) is 4.95. The van der Waals surface area contributed by atoms with E-state index in [0.717, 1.165) is 64.2 Å². The molecule has 2 amide bonds. The molecule has 0 aliphatic carbocycles. The van der Waals surface area contributed by atoms with Crippen LogP contribution in [0.25, 0.3) is 0 Å². The average molecular weight is 663 g/mol. The summed E-state index contributed by atoms with van der Waals surface area (Å²) in [5.74, 6) is -2.44. The first kappa shape index (κ1) is 44.1. The number of esters is 1. The third-order valence-corrected chi connectivity index (χ3v) is 7.84. The number of aliphatic hydroxyl groups is 1. The predicted octanol–water partition coefficient (Wildman–Crippen LogP) is 7.87. The molecule has 0 aromatic heterocycles. The fourth-order valence-corrected chi connectivity index (χ4v) is 4.95. The number of carboxylic acids is 1. The van der Waals surface area contributed by atoms with Crippen LogP contribution in [-0.2, 0) is 23.9 Å². The van der Waals surface area contributed by atoms with Gasteiger partial charge in [-0.3, -0.25) is 14.4 Å². The number of hydrogen-bond acceptors (Lipinski definition) is 6. The monoisotopic (exact) mass is 662 g/mol. The summed E-state index contributed by atoms with van der Waals surface area (Å²) in [5.41, 5.74) is 0. The summed E-state index contributed by atoms with van der Waals surface area (Å²) in [5, 5.41) is 22.5. The lowest BCUT2D eigenvalue weighted by atomic mass is 10.1. The van der Waals surface area contributed by atoms with Crippen LogP contribution in [0.5, 0.6) is 0 Å². The highest BCUT2D eigenvalue weighted by Crippen LogP contribution is 2.14. The molecule has 0 radical (unpaired) electrons. The molecule has 0 aliphatic rings. The van der Waals surface area contributed by atoms with Gasteiger partial charge < -0.3 is 25.6 Å². The number of carbonyl (C=O) groups is 4. The van der Waals surface area contributed by atoms with E-state index >= 15 is 0 Å². The van der Waals surface area contributed by atoms with Gasteiger partial charge in [-0.15, -0.1) is 0 Å². The summed E-state index contributed by atoms with van der Waals surface area (Å²) in [6.45, 7) is 3.36. The molecule has 2 atom stereocenters. The molecular formula is C38H66N2O7. The fraction of sp³-hybridized carbons (Fsp3) is 0.737. The summed E-state index contributed by atoms with van der Waals surface area (Å²) >= 11 is 0. The van der Waals surface area contributed by atoms with Gasteiger partial charge in [0.25, 0.3) is 0 Å². The molecule has 4 N–H and O–H groups in total. The zero-order chi connectivity index (χ0) is 34.8. The van der Waals surface area contributed by atoms with Gasteiger partial charge in [0.1, 0.15) is 12.1 Å². The number of rotatable bonds is 32. The zero-order valence-corrected chi connectivity index (χ0v) is 29.5. The van der Waals surface area contributed by atoms with Crippen molar-refractivity contribution in [3.63, 3.8) is 0 Å². The van der Waals surface area contributed by atoms with Crippen LogP contribution in [-0.4, -0.2) is 59.3 Å². The summed E-state index contributed by atoms with van der Waals surface area (Å²) in [4.78, 5) is 47.3. The molecule has 0 spiro atoms. The Morgan fingerprint density at radius 1 is 0.660 bits per heavy atom. The third-order valence-electron chi connectivity index (χ3n) is 7.84. The molecule has 0 bridgehead atoms. The lowest BCUT2D eigenvalue weighted by Crippen LogP contribution is -2.47. The number of allylic oxidation sites excluding steroid dienone is 5. The highest BCUT2D eigenvalue weighted by molar-refractivity contribution is 5.87. The molecule has 0 rings (SSSR count). The molecule has 0 heterocycles. The number of carboxylic acid groups (broad SMARTS) is 1. The van der Waals surface area contributed by atoms with Crippen LogP contribution >= 0.6 is 0 Å². The van der Waals surface area contributed by atoms with E-state index in [1.807, 2.05) is 6.08 Å². The Kier molecular flexibility index (Phi) is 30.9. The van der Waals surface area contributed by atoms with Gasteiger partial charge in [-0.1, -0.05) is 102 Å². The average Bonchev–Trinajstić information content (AvgIpc) is 3.05. The summed E-state index contributed by atoms with van der Waals surface area (Å²) < 4.78 is 5.85. The maximum Gasteiger partial charge on any atom is 0.328 e. The van der Waals surface area contributed by atoms with Gasteiger partial charge >= 0.3 is 11.9 Å². The minimum Gasteiger partial charge on any atom is -0.480 e. The summed E-state index contributed by atoms with van der Waals surface area (Å²) in [6.07, 6.45) is 34.7. The van der Waals surface area contributed by atoms with Crippen molar-refractivity contribution in [3.8, 4) is 0 Å². The van der Waals surface area contributed by atoms with E-state index in [0.29, 0.717) is 12.8 Å². The van der Waals surface area contributed by atoms with Crippen molar-refractivity contribution in [1.82, 2.24) is 10.6 Å². The van der Waals surface area contributed by atoms with Gasteiger partial charge in [0, 0.05) is 12.8 Å². The van der Waals surface area contributed by atoms with E-state index < -0.39 is 24.5 Å². The van der Waals surface area contributed by atoms with Gasteiger partial charge in [-0.2, -0.15) is 0 Å². The van der Waals surface area contributed by atoms with Crippen LogP contribution in [0, 0.1) is 0 Å². The van der Waals surface area contributed by atoms with Crippen LogP contribution in [0.1, 0.15) is 155 Å². The molecule has 9 heteroatoms. The van der Waals surface area contributed by atoms with Gasteiger partial charge in [0.15, 0.2) is 0 Å². The normalized spacial score (nSPS) is 12.9. The van der Waals surface area contributed by atoms with E-state index in [2.05, 4.69) is 54.9 Å². The lowest BCUT2D eigenvalue weighted by Gasteiger charge is -2.15. The Morgan fingerprint density at radius 2 is 1.21 bits per heavy atom. The largest absolute Gasteiger partial charge is 0.480 e. The number of aliphatic carboxylic acids is 1. The summed E-state index contributed by atoms with van der Waals surface area (Å²) in [6, 6.07) is -1.39. The number of hydrogen-bond donors (Lipinski definition) is 4. The first-order valence-corrected chi connectivity index (χ1v) is 18.4. The van der Waals surface area contributed by atoms with E-state index in [-0.39, 0.29) is 30.9 Å². The summed E-state index contributed by atoms with van der Waals surface area (Å²) in [7, 11) is 0. The van der Waals surface area contributed by atoms with Crippen molar-refractivity contribution < 1.29 is 34.1 Å². The SMILES string of the molecule is CCCCC/C=C\C/C=C\C(CCCCCCC(=O)NCC(=O)NC(CO)C(=O)O)OC(=O)CCCCCCC/C=C\CCCCC. The number of aliphatic hydroxyl groups excluding tert-OH is 1. The second-order valence-corrected chi connectivity index (χ2v) is 12.3. The first-order chi connectivity index (χ1) is 22.8. The molecule has 9 nitrogen and oxygen atoms in total. The third kappa shape index (κ3) is 30.2. The quantitative estimate of drug-likeness (QED) is 0.0326. The van der Waals surface area contributed by atoms with E-state index in [1.165, 1.54) is 57.8 Å². The minimum atomic E-state index is -1.39. The molecule has 47 heavy (non-hydrogen) atoms. The smallest absolute Gasteiger partial charge is 0.328 e. The van der Waals surface area contributed by atoms with Crippen molar-refractivity contribution >= 4 is 23.8 Å². The maximum absolute atomic E-state index is 12.6. The second kappa shape index (κ2) is 33.0. The number of carbonyl (C=O) groups excluding carboxylic acids is 3. The molecule has 2 unspecified atom stereocenters. The molecule has 0 saturated heterocycles. The van der Waals surface area contributed by atoms with Gasteiger partial charge in [-0.25, -0.2) is 4.79 Å². The van der Waals surface area contributed by atoms with Gasteiger partial charge in [-0.05, 0) is 76.7 Å². The number of unbranched alkanes of at least 4 members (excludes halogenated alkanes) is 14. The second-order valence-electron chi connectivity index (χ2n) is 12.3. The molecule has 270 valence electrons. The zero-order valence-electron chi connectivity index (χ0n) is 29.5. The van der Waals surface area contributed by atoms with Crippen LogP contribution in [0.2, 0.25) is 0 Å². The maximum atomic E-state index is 12.6. The predicted molar refractivity (Wildman–Crippen MR) is 190 cm³/mol. The van der Waals surface area contributed by atoms with Crippen molar-refractivity contribution in [3.05, 3.63) is 36.5 Å². The van der Waals surface area contributed by atoms with Gasteiger partial charge in [0.2, 0.25) is 11.8 Å². The Balaban J connectivity index is 4.38.